The third kappa shape index (κ3) is 5.83. The Kier molecular flexibility index (Phi) is 7.95. The average Bonchev–Trinajstić information content (AvgIpc) is 3.45. The number of amides is 2. The van der Waals surface area contributed by atoms with Gasteiger partial charge in [0.2, 0.25) is 0 Å². The van der Waals surface area contributed by atoms with Crippen molar-refractivity contribution >= 4 is 23.1 Å². The molecule has 7 heteroatoms. The molecule has 2 N–H and O–H groups in total. The van der Waals surface area contributed by atoms with Crippen molar-refractivity contribution in [2.24, 2.45) is 5.92 Å². The molecule has 1 aliphatic rings. The molecule has 2 aromatic heterocycles. The number of rotatable bonds is 9. The third-order valence-electron chi connectivity index (χ3n) is 6.22. The van der Waals surface area contributed by atoms with Gasteiger partial charge in [-0.25, -0.2) is 4.79 Å². The number of nitrogens with one attached hydrogen (secondary N) is 2. The predicted molar refractivity (Wildman–Crippen MR) is 140 cm³/mol. The zero-order chi connectivity index (χ0) is 24.1. The van der Waals surface area contributed by atoms with E-state index in [1.165, 1.54) is 21.0 Å². The van der Waals surface area contributed by atoms with Gasteiger partial charge in [0.1, 0.15) is 10.8 Å². The standard InChI is InChI=1S/C27H36N4O2S/c1-5-33-21-11-9-20(10-12-21)28-27(32)29-23(13-8-19(2)3)25-22-14-17-30(4)18-24(22)34-26(25)31-15-6-7-16-31/h6-7,9-12,15-16,19,23H,5,8,13-14,17-18H2,1-4H3,(H2,28,29,32)/t23-/m0/s1. The molecule has 1 atom stereocenters. The summed E-state index contributed by atoms with van der Waals surface area (Å²) >= 11 is 1.86. The van der Waals surface area contributed by atoms with Crippen LogP contribution >= 0.6 is 11.3 Å². The van der Waals surface area contributed by atoms with E-state index in [0.717, 1.165) is 43.8 Å². The molecule has 0 radical (unpaired) electrons. The molecular formula is C27H36N4O2S. The molecule has 3 heterocycles. The highest BCUT2D eigenvalue weighted by Crippen LogP contribution is 2.40. The van der Waals surface area contributed by atoms with E-state index in [2.05, 4.69) is 65.5 Å². The van der Waals surface area contributed by atoms with E-state index >= 15 is 0 Å². The van der Waals surface area contributed by atoms with Gasteiger partial charge in [-0.2, -0.15) is 0 Å². The molecule has 0 unspecified atom stereocenters. The van der Waals surface area contributed by atoms with Crippen LogP contribution in [0, 0.1) is 5.92 Å². The largest absolute Gasteiger partial charge is 0.494 e. The highest BCUT2D eigenvalue weighted by Gasteiger charge is 2.29. The summed E-state index contributed by atoms with van der Waals surface area (Å²) in [5.41, 5.74) is 3.46. The van der Waals surface area contributed by atoms with Crippen LogP contribution in [0.2, 0.25) is 0 Å². The number of benzene rings is 1. The third-order valence-corrected chi connectivity index (χ3v) is 7.46. The lowest BCUT2D eigenvalue weighted by Crippen LogP contribution is -2.34. The van der Waals surface area contributed by atoms with Crippen LogP contribution in [0.1, 0.15) is 55.7 Å². The number of thiophene rings is 1. The molecule has 1 aliphatic heterocycles. The molecule has 2 amide bonds. The molecule has 1 aromatic carbocycles. The van der Waals surface area contributed by atoms with Crippen LogP contribution in [0.4, 0.5) is 10.5 Å². The van der Waals surface area contributed by atoms with Gasteiger partial charge in [0.05, 0.1) is 12.6 Å². The van der Waals surface area contributed by atoms with Crippen LogP contribution < -0.4 is 15.4 Å². The van der Waals surface area contributed by atoms with Gasteiger partial charge in [-0.3, -0.25) is 0 Å². The van der Waals surface area contributed by atoms with Gasteiger partial charge in [-0.1, -0.05) is 13.8 Å². The van der Waals surface area contributed by atoms with Crippen molar-refractivity contribution in [3.8, 4) is 10.8 Å². The Bertz CT molecular complexity index is 1070. The normalized spacial score (nSPS) is 14.6. The summed E-state index contributed by atoms with van der Waals surface area (Å²) in [6.07, 6.45) is 7.17. The highest BCUT2D eigenvalue weighted by atomic mass is 32.1. The lowest BCUT2D eigenvalue weighted by atomic mass is 9.92. The molecule has 0 spiro atoms. The quantitative estimate of drug-likeness (QED) is 0.382. The molecule has 4 rings (SSSR count). The molecule has 0 bridgehead atoms. The van der Waals surface area contributed by atoms with Crippen molar-refractivity contribution in [1.82, 2.24) is 14.8 Å². The fraction of sp³-hybridized carbons (Fsp3) is 0.444. The number of anilines is 1. The van der Waals surface area contributed by atoms with Gasteiger partial charge < -0.3 is 24.8 Å². The van der Waals surface area contributed by atoms with Crippen molar-refractivity contribution in [2.75, 3.05) is 25.5 Å². The monoisotopic (exact) mass is 480 g/mol. The van der Waals surface area contributed by atoms with E-state index in [1.807, 2.05) is 42.5 Å². The molecule has 182 valence electrons. The molecule has 0 fully saturated rings. The molecule has 6 nitrogen and oxygen atoms in total. The van der Waals surface area contributed by atoms with E-state index in [1.54, 1.807) is 0 Å². The van der Waals surface area contributed by atoms with Crippen molar-refractivity contribution in [3.05, 3.63) is 64.8 Å². The maximum absolute atomic E-state index is 13.1. The van der Waals surface area contributed by atoms with Gasteiger partial charge >= 0.3 is 6.03 Å². The van der Waals surface area contributed by atoms with Crippen molar-refractivity contribution < 1.29 is 9.53 Å². The van der Waals surface area contributed by atoms with Crippen LogP contribution in [0.25, 0.3) is 5.00 Å². The second-order valence-corrected chi connectivity index (χ2v) is 10.5. The second-order valence-electron chi connectivity index (χ2n) is 9.38. The Morgan fingerprint density at radius 3 is 2.56 bits per heavy atom. The molecule has 34 heavy (non-hydrogen) atoms. The van der Waals surface area contributed by atoms with E-state index < -0.39 is 0 Å². The minimum absolute atomic E-state index is 0.0501. The Hall–Kier alpha value is -2.77. The number of aromatic nitrogens is 1. The van der Waals surface area contributed by atoms with Crippen LogP contribution in [0.15, 0.2) is 48.8 Å². The smallest absolute Gasteiger partial charge is 0.319 e. The maximum Gasteiger partial charge on any atom is 0.319 e. The fourth-order valence-corrected chi connectivity index (χ4v) is 5.93. The van der Waals surface area contributed by atoms with Gasteiger partial charge in [0, 0.05) is 41.6 Å². The van der Waals surface area contributed by atoms with Crippen molar-refractivity contribution in [2.45, 2.75) is 52.6 Å². The van der Waals surface area contributed by atoms with Crippen LogP contribution in [0.3, 0.4) is 0 Å². The number of hydrogen-bond donors (Lipinski definition) is 2. The van der Waals surface area contributed by atoms with Crippen molar-refractivity contribution in [3.63, 3.8) is 0 Å². The number of urea groups is 1. The van der Waals surface area contributed by atoms with E-state index in [-0.39, 0.29) is 12.1 Å². The first-order valence-electron chi connectivity index (χ1n) is 12.2. The summed E-state index contributed by atoms with van der Waals surface area (Å²) in [5, 5.41) is 7.56. The van der Waals surface area contributed by atoms with E-state index in [4.69, 9.17) is 4.74 Å². The number of likely N-dealkylation sites (N-methyl/N-ethyl adjacent to an activating group) is 1. The summed E-state index contributed by atoms with van der Waals surface area (Å²) in [7, 11) is 2.18. The molecule has 0 saturated heterocycles. The Balaban J connectivity index is 1.61. The van der Waals surface area contributed by atoms with Crippen LogP contribution in [0.5, 0.6) is 5.75 Å². The molecule has 3 aromatic rings. The maximum atomic E-state index is 13.1. The number of carbonyl (C=O) groups excluding carboxylic acids is 1. The average molecular weight is 481 g/mol. The van der Waals surface area contributed by atoms with Crippen LogP contribution in [-0.4, -0.2) is 35.7 Å². The zero-order valence-corrected chi connectivity index (χ0v) is 21.5. The Morgan fingerprint density at radius 1 is 1.15 bits per heavy atom. The van der Waals surface area contributed by atoms with Crippen LogP contribution in [-0.2, 0) is 13.0 Å². The number of fused-ring (bicyclic) bond motifs is 1. The molecule has 0 aliphatic carbocycles. The molecular weight excluding hydrogens is 444 g/mol. The molecule has 0 saturated carbocycles. The first-order valence-corrected chi connectivity index (χ1v) is 13.0. The second kappa shape index (κ2) is 11.1. The summed E-state index contributed by atoms with van der Waals surface area (Å²) in [4.78, 5) is 16.9. The SMILES string of the molecule is CCOc1ccc(NC(=O)N[C@@H](CCC(C)C)c2c(-n3cccc3)sc3c2CCN(C)C3)cc1. The fourth-order valence-electron chi connectivity index (χ4n) is 4.48. The van der Waals surface area contributed by atoms with Gasteiger partial charge in [0.15, 0.2) is 0 Å². The minimum Gasteiger partial charge on any atom is -0.494 e. The lowest BCUT2D eigenvalue weighted by Gasteiger charge is -2.26. The van der Waals surface area contributed by atoms with Gasteiger partial charge in [-0.15, -0.1) is 11.3 Å². The van der Waals surface area contributed by atoms with Crippen molar-refractivity contribution in [1.29, 1.82) is 0 Å². The summed E-state index contributed by atoms with van der Waals surface area (Å²) < 4.78 is 7.71. The first kappa shape index (κ1) is 24.4. The topological polar surface area (TPSA) is 58.5 Å². The van der Waals surface area contributed by atoms with Gasteiger partial charge in [0.25, 0.3) is 0 Å². The van der Waals surface area contributed by atoms with Gasteiger partial charge in [-0.05, 0) is 81.1 Å². The van der Waals surface area contributed by atoms with E-state index in [0.29, 0.717) is 12.5 Å². The minimum atomic E-state index is -0.177. The lowest BCUT2D eigenvalue weighted by molar-refractivity contribution is 0.247. The zero-order valence-electron chi connectivity index (χ0n) is 20.6. The summed E-state index contributed by atoms with van der Waals surface area (Å²) in [5.74, 6) is 1.36. The summed E-state index contributed by atoms with van der Waals surface area (Å²) in [6, 6.07) is 11.4. The number of ether oxygens (including phenoxy) is 1. The number of nitrogens with zero attached hydrogens (tertiary/aromatic N) is 2. The Labute approximate surface area is 206 Å². The Morgan fingerprint density at radius 2 is 1.88 bits per heavy atom. The number of carbonyl (C=O) groups is 1. The number of hydrogen-bond acceptors (Lipinski definition) is 4. The summed E-state index contributed by atoms with van der Waals surface area (Å²) in [6.45, 7) is 9.06. The predicted octanol–water partition coefficient (Wildman–Crippen LogP) is 6.22. The first-order chi connectivity index (χ1) is 16.4. The van der Waals surface area contributed by atoms with E-state index in [9.17, 15) is 4.79 Å². The highest BCUT2D eigenvalue weighted by molar-refractivity contribution is 7.15.